The summed E-state index contributed by atoms with van der Waals surface area (Å²) in [5, 5.41) is 12.9. The van der Waals surface area contributed by atoms with Gasteiger partial charge in [0.25, 0.3) is 0 Å². The molecule has 2 fully saturated rings. The van der Waals surface area contributed by atoms with Gasteiger partial charge in [-0.3, -0.25) is 10.2 Å². The second-order valence-corrected chi connectivity index (χ2v) is 5.76. The highest BCUT2D eigenvalue weighted by molar-refractivity contribution is 5.09. The zero-order valence-corrected chi connectivity index (χ0v) is 11.5. The van der Waals surface area contributed by atoms with Crippen LogP contribution in [0, 0.1) is 17.2 Å². The van der Waals surface area contributed by atoms with Crippen molar-refractivity contribution in [2.45, 2.75) is 38.1 Å². The first-order valence-electron chi connectivity index (χ1n) is 7.20. The number of rotatable bonds is 4. The second-order valence-electron chi connectivity index (χ2n) is 5.76. The van der Waals surface area contributed by atoms with Crippen molar-refractivity contribution >= 4 is 0 Å². The Hall–Kier alpha value is -0.630. The first-order chi connectivity index (χ1) is 8.74. The molecule has 1 aliphatic heterocycles. The van der Waals surface area contributed by atoms with Gasteiger partial charge in [-0.15, -0.1) is 0 Å². The van der Waals surface area contributed by atoms with E-state index in [1.54, 1.807) is 0 Å². The molecule has 0 radical (unpaired) electrons. The lowest BCUT2D eigenvalue weighted by Gasteiger charge is -2.35. The van der Waals surface area contributed by atoms with Crippen LogP contribution in [-0.2, 0) is 4.74 Å². The van der Waals surface area contributed by atoms with E-state index in [9.17, 15) is 5.26 Å². The molecule has 0 bridgehead atoms. The van der Waals surface area contributed by atoms with E-state index in [0.717, 1.165) is 58.2 Å². The maximum absolute atomic E-state index is 9.42. The first kappa shape index (κ1) is 13.8. The molecule has 2 aliphatic rings. The molecule has 1 heterocycles. The minimum absolute atomic E-state index is 0.251. The lowest BCUT2D eigenvalue weighted by molar-refractivity contribution is 0.0374. The van der Waals surface area contributed by atoms with Crippen LogP contribution in [0.2, 0.25) is 0 Å². The van der Waals surface area contributed by atoms with E-state index in [0.29, 0.717) is 0 Å². The van der Waals surface area contributed by atoms with Crippen LogP contribution >= 0.6 is 0 Å². The lowest BCUT2D eigenvalue weighted by Crippen LogP contribution is -2.50. The third-order valence-corrected chi connectivity index (χ3v) is 4.34. The molecular formula is C14H25N3O. The SMILES string of the molecule is CC1CCC(C#N)(NCCN2CCOCC2)CC1. The summed E-state index contributed by atoms with van der Waals surface area (Å²) in [5.41, 5.74) is -0.251. The molecule has 4 heteroatoms. The molecule has 1 aliphatic carbocycles. The molecule has 0 atom stereocenters. The van der Waals surface area contributed by atoms with Crippen LogP contribution in [0.3, 0.4) is 0 Å². The van der Waals surface area contributed by atoms with Gasteiger partial charge in [-0.1, -0.05) is 6.92 Å². The summed E-state index contributed by atoms with van der Waals surface area (Å²) in [6, 6.07) is 2.52. The van der Waals surface area contributed by atoms with Gasteiger partial charge in [0.15, 0.2) is 0 Å². The molecule has 0 amide bonds. The van der Waals surface area contributed by atoms with Crippen molar-refractivity contribution in [3.8, 4) is 6.07 Å². The van der Waals surface area contributed by atoms with Gasteiger partial charge in [0.2, 0.25) is 0 Å². The van der Waals surface area contributed by atoms with E-state index in [1.807, 2.05) is 0 Å². The van der Waals surface area contributed by atoms with Crippen molar-refractivity contribution in [2.24, 2.45) is 5.92 Å². The highest BCUT2D eigenvalue weighted by Gasteiger charge is 2.33. The smallest absolute Gasteiger partial charge is 0.106 e. The molecule has 1 saturated carbocycles. The normalized spacial score (nSPS) is 34.1. The Morgan fingerprint density at radius 2 is 2.00 bits per heavy atom. The predicted octanol–water partition coefficient (Wildman–Crippen LogP) is 1.38. The summed E-state index contributed by atoms with van der Waals surface area (Å²) < 4.78 is 5.33. The molecule has 4 nitrogen and oxygen atoms in total. The average molecular weight is 251 g/mol. The van der Waals surface area contributed by atoms with Crippen molar-refractivity contribution < 1.29 is 4.74 Å². The maximum atomic E-state index is 9.42. The van der Waals surface area contributed by atoms with E-state index < -0.39 is 0 Å². The van der Waals surface area contributed by atoms with Gasteiger partial charge in [-0.2, -0.15) is 5.26 Å². The summed E-state index contributed by atoms with van der Waals surface area (Å²) >= 11 is 0. The number of hydrogen-bond donors (Lipinski definition) is 1. The van der Waals surface area contributed by atoms with Crippen molar-refractivity contribution in [3.05, 3.63) is 0 Å². The molecule has 0 aromatic carbocycles. The fourth-order valence-corrected chi connectivity index (χ4v) is 2.86. The predicted molar refractivity (Wildman–Crippen MR) is 71.2 cm³/mol. The van der Waals surface area contributed by atoms with Crippen molar-refractivity contribution in [1.29, 1.82) is 5.26 Å². The van der Waals surface area contributed by atoms with Gasteiger partial charge in [-0.05, 0) is 31.6 Å². The third-order valence-electron chi connectivity index (χ3n) is 4.34. The fourth-order valence-electron chi connectivity index (χ4n) is 2.86. The third kappa shape index (κ3) is 3.68. The van der Waals surface area contributed by atoms with Gasteiger partial charge < -0.3 is 4.74 Å². The summed E-state index contributed by atoms with van der Waals surface area (Å²) in [6.07, 6.45) is 4.37. The van der Waals surface area contributed by atoms with E-state index in [4.69, 9.17) is 4.74 Å². The molecule has 0 aromatic rings. The van der Waals surface area contributed by atoms with Crippen LogP contribution in [0.25, 0.3) is 0 Å². The zero-order chi connectivity index (χ0) is 12.8. The Balaban J connectivity index is 1.72. The van der Waals surface area contributed by atoms with E-state index >= 15 is 0 Å². The lowest BCUT2D eigenvalue weighted by atomic mass is 9.78. The number of nitrogens with zero attached hydrogens (tertiary/aromatic N) is 2. The zero-order valence-electron chi connectivity index (χ0n) is 11.5. The minimum Gasteiger partial charge on any atom is -0.379 e. The second kappa shape index (κ2) is 6.51. The highest BCUT2D eigenvalue weighted by atomic mass is 16.5. The molecule has 2 rings (SSSR count). The first-order valence-corrected chi connectivity index (χ1v) is 7.20. The maximum Gasteiger partial charge on any atom is 0.106 e. The summed E-state index contributed by atoms with van der Waals surface area (Å²) in [4.78, 5) is 2.41. The number of nitriles is 1. The Kier molecular flexibility index (Phi) is 4.99. The van der Waals surface area contributed by atoms with Crippen molar-refractivity contribution in [1.82, 2.24) is 10.2 Å². The van der Waals surface area contributed by atoms with Crippen LogP contribution in [0.4, 0.5) is 0 Å². The highest BCUT2D eigenvalue weighted by Crippen LogP contribution is 2.31. The Bertz CT molecular complexity index is 286. The molecule has 1 saturated heterocycles. The van der Waals surface area contributed by atoms with Gasteiger partial charge in [0.05, 0.1) is 19.3 Å². The molecule has 0 spiro atoms. The largest absolute Gasteiger partial charge is 0.379 e. The van der Waals surface area contributed by atoms with Crippen molar-refractivity contribution in [3.63, 3.8) is 0 Å². The molecule has 1 N–H and O–H groups in total. The van der Waals surface area contributed by atoms with Crippen LogP contribution in [0.1, 0.15) is 32.6 Å². The number of ether oxygens (including phenoxy) is 1. The molecule has 0 aromatic heterocycles. The van der Waals surface area contributed by atoms with Crippen LogP contribution < -0.4 is 5.32 Å². The van der Waals surface area contributed by atoms with Gasteiger partial charge >= 0.3 is 0 Å². The number of hydrogen-bond acceptors (Lipinski definition) is 4. The van der Waals surface area contributed by atoms with Crippen LogP contribution in [0.5, 0.6) is 0 Å². The van der Waals surface area contributed by atoms with Gasteiger partial charge in [-0.25, -0.2) is 0 Å². The topological polar surface area (TPSA) is 48.3 Å². The molecular weight excluding hydrogens is 226 g/mol. The standard InChI is InChI=1S/C14H25N3O/c1-13-2-4-14(12-15,5-3-13)16-6-7-17-8-10-18-11-9-17/h13,16H,2-11H2,1H3. The van der Waals surface area contributed by atoms with E-state index in [1.165, 1.54) is 12.8 Å². The monoisotopic (exact) mass is 251 g/mol. The van der Waals surface area contributed by atoms with Gasteiger partial charge in [0, 0.05) is 26.2 Å². The van der Waals surface area contributed by atoms with Crippen molar-refractivity contribution in [2.75, 3.05) is 39.4 Å². The summed E-state index contributed by atoms with van der Waals surface area (Å²) in [5.74, 6) is 0.785. The van der Waals surface area contributed by atoms with E-state index in [2.05, 4.69) is 23.2 Å². The average Bonchev–Trinajstić information content (AvgIpc) is 2.43. The number of morpholine rings is 1. The Morgan fingerprint density at radius 3 is 2.61 bits per heavy atom. The fraction of sp³-hybridized carbons (Fsp3) is 0.929. The molecule has 102 valence electrons. The summed E-state index contributed by atoms with van der Waals surface area (Å²) in [6.45, 7) is 7.98. The Morgan fingerprint density at radius 1 is 1.33 bits per heavy atom. The Labute approximate surface area is 110 Å². The van der Waals surface area contributed by atoms with E-state index in [-0.39, 0.29) is 5.54 Å². The minimum atomic E-state index is -0.251. The van der Waals surface area contributed by atoms with Crippen LogP contribution in [-0.4, -0.2) is 49.8 Å². The molecule has 0 unspecified atom stereocenters. The van der Waals surface area contributed by atoms with Crippen LogP contribution in [0.15, 0.2) is 0 Å². The molecule has 18 heavy (non-hydrogen) atoms. The quantitative estimate of drug-likeness (QED) is 0.820. The number of nitrogens with one attached hydrogen (secondary N) is 1. The summed E-state index contributed by atoms with van der Waals surface area (Å²) in [7, 11) is 0. The van der Waals surface area contributed by atoms with Gasteiger partial charge in [0.1, 0.15) is 5.54 Å².